The van der Waals surface area contributed by atoms with Crippen LogP contribution in [0.1, 0.15) is 12.0 Å². The van der Waals surface area contributed by atoms with Gasteiger partial charge >= 0.3 is 0 Å². The van der Waals surface area contributed by atoms with E-state index >= 15 is 0 Å². The topological polar surface area (TPSA) is 79.2 Å². The van der Waals surface area contributed by atoms with Crippen molar-refractivity contribution >= 4 is 5.91 Å². The number of aromatic nitrogens is 2. The van der Waals surface area contributed by atoms with Crippen LogP contribution in [-0.2, 0) is 11.3 Å². The second-order valence-corrected chi connectivity index (χ2v) is 5.15. The Bertz CT molecular complexity index is 612. The number of aliphatic hydroxyl groups excluding tert-OH is 1. The van der Waals surface area contributed by atoms with Crippen molar-refractivity contribution < 1.29 is 9.90 Å². The third kappa shape index (κ3) is 3.12. The molecule has 0 bridgehead atoms. The number of hydrogen-bond acceptors (Lipinski definition) is 4. The van der Waals surface area contributed by atoms with Gasteiger partial charge in [-0.3, -0.25) is 4.79 Å². The SMILES string of the molecule is O=C(NCc1ccccc1-n1cccn1)C1CC(O)CN1. The number of aliphatic hydroxyl groups is 1. The van der Waals surface area contributed by atoms with E-state index in [4.69, 9.17) is 0 Å². The first kappa shape index (κ1) is 13.8. The zero-order valence-electron chi connectivity index (χ0n) is 11.6. The summed E-state index contributed by atoms with van der Waals surface area (Å²) in [7, 11) is 0. The van der Waals surface area contributed by atoms with Crippen molar-refractivity contribution in [3.05, 3.63) is 48.3 Å². The number of nitrogens with zero attached hydrogens (tertiary/aromatic N) is 2. The minimum atomic E-state index is -0.433. The van der Waals surface area contributed by atoms with Gasteiger partial charge in [0.1, 0.15) is 0 Å². The van der Waals surface area contributed by atoms with Crippen LogP contribution in [-0.4, -0.2) is 39.5 Å². The fourth-order valence-corrected chi connectivity index (χ4v) is 2.52. The number of benzene rings is 1. The molecule has 1 aromatic carbocycles. The number of carbonyl (C=O) groups excluding carboxylic acids is 1. The number of amides is 1. The van der Waals surface area contributed by atoms with E-state index in [0.29, 0.717) is 19.5 Å². The highest BCUT2D eigenvalue weighted by Crippen LogP contribution is 2.13. The quantitative estimate of drug-likeness (QED) is 0.751. The molecule has 0 aliphatic carbocycles. The molecule has 0 saturated carbocycles. The average molecular weight is 286 g/mol. The van der Waals surface area contributed by atoms with Crippen molar-refractivity contribution in [2.24, 2.45) is 0 Å². The van der Waals surface area contributed by atoms with E-state index in [9.17, 15) is 9.90 Å². The molecular weight excluding hydrogens is 268 g/mol. The minimum absolute atomic E-state index is 0.0816. The average Bonchev–Trinajstić information content (AvgIpc) is 3.16. The first-order valence-electron chi connectivity index (χ1n) is 7.01. The lowest BCUT2D eigenvalue weighted by Gasteiger charge is -2.13. The number of nitrogens with one attached hydrogen (secondary N) is 2. The van der Waals surface area contributed by atoms with E-state index < -0.39 is 6.10 Å². The molecule has 1 aliphatic heterocycles. The second-order valence-electron chi connectivity index (χ2n) is 5.15. The lowest BCUT2D eigenvalue weighted by atomic mass is 10.1. The Kier molecular flexibility index (Phi) is 3.98. The van der Waals surface area contributed by atoms with Crippen molar-refractivity contribution in [1.29, 1.82) is 0 Å². The fourth-order valence-electron chi connectivity index (χ4n) is 2.52. The van der Waals surface area contributed by atoms with Crippen molar-refractivity contribution in [3.63, 3.8) is 0 Å². The molecule has 1 amide bonds. The third-order valence-electron chi connectivity index (χ3n) is 3.62. The highest BCUT2D eigenvalue weighted by atomic mass is 16.3. The predicted octanol–water partition coefficient (Wildman–Crippen LogP) is 0.211. The maximum atomic E-state index is 12.1. The van der Waals surface area contributed by atoms with E-state index in [1.165, 1.54) is 0 Å². The number of hydrogen-bond donors (Lipinski definition) is 3. The molecule has 6 nitrogen and oxygen atoms in total. The molecule has 0 radical (unpaired) electrons. The molecule has 3 rings (SSSR count). The van der Waals surface area contributed by atoms with E-state index in [1.54, 1.807) is 10.9 Å². The molecule has 1 aliphatic rings. The Morgan fingerprint density at radius 3 is 3.00 bits per heavy atom. The van der Waals surface area contributed by atoms with Gasteiger partial charge in [0.15, 0.2) is 0 Å². The highest BCUT2D eigenvalue weighted by Gasteiger charge is 2.27. The molecule has 110 valence electrons. The smallest absolute Gasteiger partial charge is 0.237 e. The summed E-state index contributed by atoms with van der Waals surface area (Å²) >= 11 is 0. The number of β-amino-alcohol motifs (C(OH)–C–C–N with tert-alkyl or cyclic N) is 1. The van der Waals surface area contributed by atoms with Crippen molar-refractivity contribution in [3.8, 4) is 5.69 Å². The van der Waals surface area contributed by atoms with E-state index in [2.05, 4.69) is 15.7 Å². The van der Waals surface area contributed by atoms with Crippen LogP contribution in [0.3, 0.4) is 0 Å². The molecule has 1 fully saturated rings. The largest absolute Gasteiger partial charge is 0.392 e. The van der Waals surface area contributed by atoms with Crippen LogP contribution in [0.25, 0.3) is 5.69 Å². The number of rotatable bonds is 4. The molecule has 1 saturated heterocycles. The Morgan fingerprint density at radius 1 is 1.43 bits per heavy atom. The molecule has 6 heteroatoms. The van der Waals surface area contributed by atoms with Crippen LogP contribution >= 0.6 is 0 Å². The lowest BCUT2D eigenvalue weighted by molar-refractivity contribution is -0.123. The van der Waals surface area contributed by atoms with Crippen LogP contribution in [0.2, 0.25) is 0 Å². The summed E-state index contributed by atoms with van der Waals surface area (Å²) < 4.78 is 1.78. The van der Waals surface area contributed by atoms with Gasteiger partial charge in [-0.05, 0) is 24.1 Å². The van der Waals surface area contributed by atoms with Crippen LogP contribution in [0.5, 0.6) is 0 Å². The standard InChI is InChI=1S/C15H18N4O2/c20-12-8-13(16-10-12)15(21)17-9-11-4-1-2-5-14(11)19-7-3-6-18-19/h1-7,12-13,16,20H,8-10H2,(H,17,21). The predicted molar refractivity (Wildman–Crippen MR) is 77.8 cm³/mol. The monoisotopic (exact) mass is 286 g/mol. The molecule has 2 heterocycles. The number of carbonyl (C=O) groups is 1. The molecule has 21 heavy (non-hydrogen) atoms. The Morgan fingerprint density at radius 2 is 2.29 bits per heavy atom. The zero-order valence-corrected chi connectivity index (χ0v) is 11.6. The first-order chi connectivity index (χ1) is 10.2. The highest BCUT2D eigenvalue weighted by molar-refractivity contribution is 5.82. The van der Waals surface area contributed by atoms with Gasteiger partial charge in [0, 0.05) is 25.5 Å². The summed E-state index contributed by atoms with van der Waals surface area (Å²) in [5, 5.41) is 19.6. The van der Waals surface area contributed by atoms with Gasteiger partial charge in [-0.1, -0.05) is 18.2 Å². The van der Waals surface area contributed by atoms with E-state index in [0.717, 1.165) is 11.3 Å². The lowest BCUT2D eigenvalue weighted by Crippen LogP contribution is -2.40. The van der Waals surface area contributed by atoms with E-state index in [1.807, 2.05) is 36.5 Å². The third-order valence-corrected chi connectivity index (χ3v) is 3.62. The normalized spacial score (nSPS) is 21.4. The fraction of sp³-hybridized carbons (Fsp3) is 0.333. The van der Waals surface area contributed by atoms with Crippen LogP contribution < -0.4 is 10.6 Å². The molecule has 3 N–H and O–H groups in total. The summed E-state index contributed by atoms with van der Waals surface area (Å²) in [6.45, 7) is 0.908. The number of para-hydroxylation sites is 1. The van der Waals surface area contributed by atoms with Gasteiger partial charge in [-0.2, -0.15) is 5.10 Å². The van der Waals surface area contributed by atoms with Gasteiger partial charge < -0.3 is 15.7 Å². The second kappa shape index (κ2) is 6.07. The van der Waals surface area contributed by atoms with Crippen LogP contribution in [0.15, 0.2) is 42.7 Å². The molecule has 2 unspecified atom stereocenters. The van der Waals surface area contributed by atoms with Gasteiger partial charge in [0.05, 0.1) is 17.8 Å². The first-order valence-corrected chi connectivity index (χ1v) is 7.01. The summed E-state index contributed by atoms with van der Waals surface area (Å²) in [5.74, 6) is -0.0816. The Labute approximate surface area is 122 Å². The van der Waals surface area contributed by atoms with Crippen LogP contribution in [0, 0.1) is 0 Å². The van der Waals surface area contributed by atoms with Crippen molar-refractivity contribution in [2.75, 3.05) is 6.54 Å². The summed E-state index contributed by atoms with van der Waals surface area (Å²) in [6.07, 6.45) is 3.62. The molecule has 0 spiro atoms. The Balaban J connectivity index is 1.67. The molecule has 1 aromatic heterocycles. The van der Waals surface area contributed by atoms with Gasteiger partial charge in [-0.25, -0.2) is 4.68 Å². The molecular formula is C15H18N4O2. The zero-order chi connectivity index (χ0) is 14.7. The Hall–Kier alpha value is -2.18. The summed E-state index contributed by atoms with van der Waals surface area (Å²) in [4.78, 5) is 12.1. The van der Waals surface area contributed by atoms with Crippen molar-refractivity contribution in [2.45, 2.75) is 25.1 Å². The maximum absolute atomic E-state index is 12.1. The summed E-state index contributed by atoms with van der Waals surface area (Å²) in [6, 6.07) is 9.36. The van der Waals surface area contributed by atoms with Crippen molar-refractivity contribution in [1.82, 2.24) is 20.4 Å². The minimum Gasteiger partial charge on any atom is -0.392 e. The van der Waals surface area contributed by atoms with Gasteiger partial charge in [0.2, 0.25) is 5.91 Å². The van der Waals surface area contributed by atoms with E-state index in [-0.39, 0.29) is 11.9 Å². The maximum Gasteiger partial charge on any atom is 0.237 e. The van der Waals surface area contributed by atoms with Gasteiger partial charge in [0.25, 0.3) is 0 Å². The molecule has 2 aromatic rings. The van der Waals surface area contributed by atoms with Crippen LogP contribution in [0.4, 0.5) is 0 Å². The molecule has 2 atom stereocenters. The summed E-state index contributed by atoms with van der Waals surface area (Å²) in [5.41, 5.74) is 1.94. The van der Waals surface area contributed by atoms with Gasteiger partial charge in [-0.15, -0.1) is 0 Å².